The van der Waals surface area contributed by atoms with E-state index in [4.69, 9.17) is 17.2 Å². The molecule has 0 aliphatic carbocycles. The number of carboxylic acid groups (broad SMARTS) is 1. The van der Waals surface area contributed by atoms with Crippen LogP contribution < -0.4 is 54.4 Å². The summed E-state index contributed by atoms with van der Waals surface area (Å²) in [5.74, 6) is -6.58. The number of amides is 7. The van der Waals surface area contributed by atoms with Gasteiger partial charge in [0, 0.05) is 13.0 Å². The van der Waals surface area contributed by atoms with Crippen LogP contribution in [-0.4, -0.2) is 132 Å². The summed E-state index contributed by atoms with van der Waals surface area (Å²) in [5.41, 5.74) is 16.4. The SMILES string of the molecule is CSCC[C@@H](C=O)NC(=O)[C@H](C)NC(=O)[C@H](CCC(=O)O)NC(=O)[C@H](C)NC(=O)[C@H](CC(C)C)NC(=O)[C@@H](NC(=O)[C@H](CCCN=C(N)N)NC(=O)[C@H](C)N)C(C)C. The van der Waals surface area contributed by atoms with Gasteiger partial charge in [0.1, 0.15) is 42.5 Å². The Balaban J connectivity index is 5.93. The molecule has 0 aliphatic heterocycles. The van der Waals surface area contributed by atoms with Gasteiger partial charge in [-0.3, -0.25) is 43.3 Å². The van der Waals surface area contributed by atoms with Gasteiger partial charge in [-0.25, -0.2) is 0 Å². The fourth-order valence-corrected chi connectivity index (χ4v) is 5.64. The third-order valence-electron chi connectivity index (χ3n) is 8.49. The van der Waals surface area contributed by atoms with Crippen LogP contribution in [0.2, 0.25) is 0 Å². The van der Waals surface area contributed by atoms with Gasteiger partial charge in [0.2, 0.25) is 41.4 Å². The molecule has 0 aromatic heterocycles. The normalized spacial score (nSPS) is 15.2. The molecule has 14 N–H and O–H groups in total. The van der Waals surface area contributed by atoms with Crippen molar-refractivity contribution in [2.24, 2.45) is 34.0 Å². The Hall–Kier alpha value is -4.99. The average Bonchev–Trinajstić information content (AvgIpc) is 3.13. The Morgan fingerprint density at radius 1 is 0.655 bits per heavy atom. The summed E-state index contributed by atoms with van der Waals surface area (Å²) in [6.45, 7) is 11.2. The van der Waals surface area contributed by atoms with Crippen molar-refractivity contribution in [2.45, 2.75) is 135 Å². The predicted molar refractivity (Wildman–Crippen MR) is 219 cm³/mol. The number of hydrogen-bond acceptors (Lipinski definition) is 12. The number of aliphatic imine (C=N–C) groups is 1. The molecule has 330 valence electrons. The highest BCUT2D eigenvalue weighted by Crippen LogP contribution is 2.10. The van der Waals surface area contributed by atoms with E-state index in [1.807, 2.05) is 6.26 Å². The van der Waals surface area contributed by atoms with Gasteiger partial charge in [0.05, 0.1) is 12.1 Å². The second kappa shape index (κ2) is 27.6. The number of hydrogen-bond donors (Lipinski definition) is 11. The summed E-state index contributed by atoms with van der Waals surface area (Å²) in [4.78, 5) is 119. The van der Waals surface area contributed by atoms with E-state index in [0.717, 1.165) is 0 Å². The molecule has 0 rings (SSSR count). The number of nitrogens with two attached hydrogens (primary N) is 3. The zero-order valence-corrected chi connectivity index (χ0v) is 35.5. The first kappa shape index (κ1) is 53.0. The first-order chi connectivity index (χ1) is 27.0. The maximum absolute atomic E-state index is 13.7. The highest BCUT2D eigenvalue weighted by atomic mass is 32.2. The Morgan fingerprint density at radius 2 is 1.16 bits per heavy atom. The van der Waals surface area contributed by atoms with Crippen LogP contribution in [0, 0.1) is 11.8 Å². The number of aliphatic carboxylic acids is 1. The summed E-state index contributed by atoms with van der Waals surface area (Å²) in [6.07, 6.45) is 2.45. The minimum absolute atomic E-state index is 0.110. The molecule has 0 aliphatic rings. The van der Waals surface area contributed by atoms with Gasteiger partial charge in [-0.15, -0.1) is 0 Å². The molecule has 0 heterocycles. The van der Waals surface area contributed by atoms with Crippen LogP contribution in [0.5, 0.6) is 0 Å². The van der Waals surface area contributed by atoms with Crippen molar-refractivity contribution in [3.8, 4) is 0 Å². The van der Waals surface area contributed by atoms with Crippen molar-refractivity contribution in [3.05, 3.63) is 0 Å². The highest BCUT2D eigenvalue weighted by Gasteiger charge is 2.33. The van der Waals surface area contributed by atoms with Crippen molar-refractivity contribution in [2.75, 3.05) is 18.6 Å². The molecule has 8 atom stereocenters. The van der Waals surface area contributed by atoms with Gasteiger partial charge in [-0.05, 0) is 76.7 Å². The van der Waals surface area contributed by atoms with Crippen LogP contribution in [0.3, 0.4) is 0 Å². The van der Waals surface area contributed by atoms with Gasteiger partial charge in [-0.1, -0.05) is 27.7 Å². The highest BCUT2D eigenvalue weighted by molar-refractivity contribution is 7.98. The average molecular weight is 844 g/mol. The van der Waals surface area contributed by atoms with Gasteiger partial charge >= 0.3 is 5.97 Å². The third-order valence-corrected chi connectivity index (χ3v) is 9.13. The molecule has 0 aromatic carbocycles. The van der Waals surface area contributed by atoms with Gasteiger partial charge < -0.3 is 64.3 Å². The standard InChI is InChI=1S/C36H65N11O10S/c1-18(2)16-26(46-35(57)28(19(3)4)47-33(55)24(44-29(51)20(5)37)10-9-14-40-36(38)39)34(56)42-22(7)31(53)45-25(11-12-27(49)50)32(54)41-21(6)30(52)43-23(17-48)13-15-58-8/h17-26,28H,9-16,37H2,1-8H3,(H,41,54)(H,42,56)(H,43,52)(H,44,51)(H,45,53)(H,46,57)(H,47,55)(H,49,50)(H4,38,39,40)/t20-,21-,22-,23-,24-,25-,26-,28-/m0/s1. The van der Waals surface area contributed by atoms with Crippen LogP contribution >= 0.6 is 11.8 Å². The molecule has 0 saturated heterocycles. The van der Waals surface area contributed by atoms with E-state index in [0.29, 0.717) is 24.9 Å². The molecular weight excluding hydrogens is 779 g/mol. The summed E-state index contributed by atoms with van der Waals surface area (Å²) in [6, 6.07) is -9.03. The molecule has 0 saturated carbocycles. The van der Waals surface area contributed by atoms with Gasteiger partial charge in [-0.2, -0.15) is 11.8 Å². The van der Waals surface area contributed by atoms with Gasteiger partial charge in [0.15, 0.2) is 5.96 Å². The van der Waals surface area contributed by atoms with Crippen LogP contribution in [-0.2, 0) is 43.2 Å². The second-order valence-electron chi connectivity index (χ2n) is 14.7. The Kier molecular flexibility index (Phi) is 25.2. The summed E-state index contributed by atoms with van der Waals surface area (Å²) >= 11 is 1.48. The van der Waals surface area contributed by atoms with Crippen LogP contribution in [0.1, 0.15) is 87.0 Å². The molecular formula is C36H65N11O10S. The quantitative estimate of drug-likeness (QED) is 0.0166. The number of aldehydes is 1. The first-order valence-corrected chi connectivity index (χ1v) is 20.5. The van der Waals surface area contributed by atoms with Crippen LogP contribution in [0.25, 0.3) is 0 Å². The lowest BCUT2D eigenvalue weighted by atomic mass is 9.99. The molecule has 58 heavy (non-hydrogen) atoms. The zero-order chi connectivity index (χ0) is 44.7. The second-order valence-corrected chi connectivity index (χ2v) is 15.7. The van der Waals surface area contributed by atoms with E-state index < -0.39 is 108 Å². The monoisotopic (exact) mass is 843 g/mol. The smallest absolute Gasteiger partial charge is 0.303 e. The lowest BCUT2D eigenvalue weighted by Gasteiger charge is -2.28. The molecule has 0 aromatic rings. The number of carboxylic acids is 1. The number of nitrogens with one attached hydrogen (secondary N) is 7. The number of rotatable bonds is 28. The number of carbonyl (C=O) groups excluding carboxylic acids is 8. The van der Waals surface area contributed by atoms with Crippen molar-refractivity contribution >= 4 is 71.3 Å². The minimum atomic E-state index is -1.42. The van der Waals surface area contributed by atoms with Crippen molar-refractivity contribution in [3.63, 3.8) is 0 Å². The Labute approximate surface area is 344 Å². The summed E-state index contributed by atoms with van der Waals surface area (Å²) < 4.78 is 0. The molecule has 0 spiro atoms. The lowest BCUT2D eigenvalue weighted by molar-refractivity contribution is -0.138. The van der Waals surface area contributed by atoms with E-state index in [-0.39, 0.29) is 37.7 Å². The van der Waals surface area contributed by atoms with Crippen molar-refractivity contribution in [1.82, 2.24) is 37.2 Å². The fourth-order valence-electron chi connectivity index (χ4n) is 5.15. The van der Waals surface area contributed by atoms with E-state index in [9.17, 15) is 48.3 Å². The number of thioether (sulfide) groups is 1. The summed E-state index contributed by atoms with van der Waals surface area (Å²) in [5, 5.41) is 27.0. The maximum atomic E-state index is 13.7. The Morgan fingerprint density at radius 3 is 1.64 bits per heavy atom. The molecule has 7 amide bonds. The maximum Gasteiger partial charge on any atom is 0.303 e. The van der Waals surface area contributed by atoms with E-state index in [2.05, 4.69) is 42.2 Å². The Bertz CT molecular complexity index is 1440. The topological polar surface area (TPSA) is 348 Å². The van der Waals surface area contributed by atoms with E-state index >= 15 is 0 Å². The lowest BCUT2D eigenvalue weighted by Crippen LogP contribution is -2.60. The number of carbonyl (C=O) groups is 9. The largest absolute Gasteiger partial charge is 0.481 e. The zero-order valence-electron chi connectivity index (χ0n) is 34.7. The third kappa shape index (κ3) is 21.5. The molecule has 0 fully saturated rings. The minimum Gasteiger partial charge on any atom is -0.481 e. The molecule has 22 heteroatoms. The fraction of sp³-hybridized carbons (Fsp3) is 0.722. The molecule has 21 nitrogen and oxygen atoms in total. The van der Waals surface area contributed by atoms with Gasteiger partial charge in [0.25, 0.3) is 0 Å². The first-order valence-electron chi connectivity index (χ1n) is 19.1. The molecule has 0 bridgehead atoms. The van der Waals surface area contributed by atoms with Crippen LogP contribution in [0.4, 0.5) is 0 Å². The van der Waals surface area contributed by atoms with E-state index in [1.165, 1.54) is 32.5 Å². The number of nitrogens with zero attached hydrogens (tertiary/aromatic N) is 1. The predicted octanol–water partition coefficient (Wildman–Crippen LogP) is -2.66. The number of guanidine groups is 1. The molecule has 0 unspecified atom stereocenters. The van der Waals surface area contributed by atoms with Crippen molar-refractivity contribution in [1.29, 1.82) is 0 Å². The van der Waals surface area contributed by atoms with E-state index in [1.54, 1.807) is 27.7 Å². The van der Waals surface area contributed by atoms with Crippen LogP contribution in [0.15, 0.2) is 4.99 Å². The van der Waals surface area contributed by atoms with Crippen molar-refractivity contribution < 1.29 is 48.3 Å². The molecule has 0 radical (unpaired) electrons. The summed E-state index contributed by atoms with van der Waals surface area (Å²) in [7, 11) is 0.